The minimum atomic E-state index is 0.135. The van der Waals surface area contributed by atoms with Gasteiger partial charge in [-0.25, -0.2) is 4.98 Å². The van der Waals surface area contributed by atoms with E-state index in [2.05, 4.69) is 27.4 Å². The fourth-order valence-corrected chi connectivity index (χ4v) is 3.53. The van der Waals surface area contributed by atoms with Gasteiger partial charge in [0.2, 0.25) is 5.95 Å². The number of nitrogens with two attached hydrogens (primary N) is 1. The highest BCUT2D eigenvalue weighted by atomic mass is 16.5. The highest BCUT2D eigenvalue weighted by Crippen LogP contribution is 2.34. The summed E-state index contributed by atoms with van der Waals surface area (Å²) in [4.78, 5) is 8.99. The molecular formula is C23H24N4O3. The van der Waals surface area contributed by atoms with Crippen LogP contribution in [0.5, 0.6) is 11.5 Å². The Bertz CT molecular complexity index is 1110. The Morgan fingerprint density at radius 3 is 2.47 bits per heavy atom. The Labute approximate surface area is 174 Å². The molecule has 0 saturated heterocycles. The highest BCUT2D eigenvalue weighted by Gasteiger charge is 2.17. The van der Waals surface area contributed by atoms with Gasteiger partial charge in [-0.3, -0.25) is 0 Å². The number of benzene rings is 2. The zero-order chi connectivity index (χ0) is 20.9. The van der Waals surface area contributed by atoms with Gasteiger partial charge in [-0.1, -0.05) is 30.3 Å². The number of furan rings is 1. The minimum absolute atomic E-state index is 0.135. The van der Waals surface area contributed by atoms with Crippen LogP contribution < -0.4 is 20.5 Å². The van der Waals surface area contributed by atoms with Crippen molar-refractivity contribution in [2.45, 2.75) is 12.3 Å². The van der Waals surface area contributed by atoms with E-state index in [0.29, 0.717) is 35.3 Å². The van der Waals surface area contributed by atoms with Crippen LogP contribution in [-0.4, -0.2) is 30.7 Å². The smallest absolute Gasteiger partial charge is 0.225 e. The van der Waals surface area contributed by atoms with Crippen molar-refractivity contribution in [3.63, 3.8) is 0 Å². The third-order valence-electron chi connectivity index (χ3n) is 5.04. The van der Waals surface area contributed by atoms with Crippen LogP contribution in [0.1, 0.15) is 23.7 Å². The highest BCUT2D eigenvalue weighted by molar-refractivity contribution is 5.91. The monoisotopic (exact) mass is 404 g/mol. The van der Waals surface area contributed by atoms with E-state index in [1.165, 1.54) is 5.56 Å². The van der Waals surface area contributed by atoms with E-state index in [-0.39, 0.29) is 5.92 Å². The SMILES string of the molecule is COc1cc2nc(NCCC(c3ccccc3)c3ccco3)nc(N)c2cc1OC. The molecular weight excluding hydrogens is 380 g/mol. The number of fused-ring (bicyclic) bond motifs is 1. The predicted octanol–water partition coefficient (Wildman–Crippen LogP) is 4.46. The van der Waals surface area contributed by atoms with E-state index in [0.717, 1.165) is 17.6 Å². The number of nitrogens with zero attached hydrogens (tertiary/aromatic N) is 2. The molecule has 0 aliphatic heterocycles. The first-order chi connectivity index (χ1) is 14.7. The molecule has 0 saturated carbocycles. The number of aromatic nitrogens is 2. The number of hydrogen-bond acceptors (Lipinski definition) is 7. The molecule has 30 heavy (non-hydrogen) atoms. The van der Waals surface area contributed by atoms with Gasteiger partial charge in [0.05, 0.1) is 26.0 Å². The summed E-state index contributed by atoms with van der Waals surface area (Å²) in [6.45, 7) is 0.651. The summed E-state index contributed by atoms with van der Waals surface area (Å²) in [7, 11) is 3.17. The Kier molecular flexibility index (Phi) is 5.70. The van der Waals surface area contributed by atoms with Gasteiger partial charge in [0.25, 0.3) is 0 Å². The van der Waals surface area contributed by atoms with Crippen molar-refractivity contribution in [2.75, 3.05) is 31.8 Å². The molecule has 0 aliphatic rings. The second-order valence-electron chi connectivity index (χ2n) is 6.85. The van der Waals surface area contributed by atoms with Gasteiger partial charge >= 0.3 is 0 Å². The molecule has 3 N–H and O–H groups in total. The fraction of sp³-hybridized carbons (Fsp3) is 0.217. The van der Waals surface area contributed by atoms with Crippen LogP contribution in [-0.2, 0) is 0 Å². The molecule has 4 rings (SSSR count). The van der Waals surface area contributed by atoms with Crippen molar-refractivity contribution >= 4 is 22.7 Å². The first kappa shape index (κ1) is 19.6. The molecule has 4 aromatic rings. The van der Waals surface area contributed by atoms with Gasteiger partial charge in [0, 0.05) is 23.9 Å². The normalized spacial score (nSPS) is 11.9. The second kappa shape index (κ2) is 8.73. The Balaban J connectivity index is 1.54. The van der Waals surface area contributed by atoms with Crippen molar-refractivity contribution in [3.05, 3.63) is 72.2 Å². The van der Waals surface area contributed by atoms with Gasteiger partial charge in [-0.05, 0) is 30.2 Å². The molecule has 0 fully saturated rings. The minimum Gasteiger partial charge on any atom is -0.493 e. The number of methoxy groups -OCH3 is 2. The van der Waals surface area contributed by atoms with Crippen LogP contribution in [0.15, 0.2) is 65.3 Å². The average Bonchev–Trinajstić information content (AvgIpc) is 3.31. The maximum absolute atomic E-state index is 6.17. The fourth-order valence-electron chi connectivity index (χ4n) is 3.53. The number of anilines is 2. The molecule has 0 bridgehead atoms. The Morgan fingerprint density at radius 2 is 1.77 bits per heavy atom. The molecule has 0 aliphatic carbocycles. The average molecular weight is 404 g/mol. The van der Waals surface area contributed by atoms with Crippen molar-refractivity contribution in [1.29, 1.82) is 0 Å². The molecule has 7 nitrogen and oxygen atoms in total. The van der Waals surface area contributed by atoms with Gasteiger partial charge < -0.3 is 24.9 Å². The summed E-state index contributed by atoms with van der Waals surface area (Å²) in [6.07, 6.45) is 2.51. The van der Waals surface area contributed by atoms with E-state index < -0.39 is 0 Å². The number of nitrogens with one attached hydrogen (secondary N) is 1. The Morgan fingerprint density at radius 1 is 1.00 bits per heavy atom. The lowest BCUT2D eigenvalue weighted by Crippen LogP contribution is -2.11. The van der Waals surface area contributed by atoms with Crippen molar-refractivity contribution in [2.24, 2.45) is 0 Å². The van der Waals surface area contributed by atoms with Gasteiger partial charge in [0.1, 0.15) is 11.6 Å². The lowest BCUT2D eigenvalue weighted by Gasteiger charge is -2.16. The van der Waals surface area contributed by atoms with E-state index in [9.17, 15) is 0 Å². The van der Waals surface area contributed by atoms with E-state index in [4.69, 9.17) is 19.6 Å². The number of nitrogen functional groups attached to an aromatic ring is 1. The standard InChI is InChI=1S/C23H24N4O3/c1-28-20-13-17-18(14-21(20)29-2)26-23(27-22(17)24)25-11-10-16(19-9-6-12-30-19)15-7-4-3-5-8-15/h3-9,12-14,16H,10-11H2,1-2H3,(H3,24,25,26,27). The predicted molar refractivity (Wildman–Crippen MR) is 117 cm³/mol. The van der Waals surface area contributed by atoms with Crippen LogP contribution in [0.3, 0.4) is 0 Å². The van der Waals surface area contributed by atoms with Crippen LogP contribution in [0.2, 0.25) is 0 Å². The summed E-state index contributed by atoms with van der Waals surface area (Å²) in [5.74, 6) is 3.10. The van der Waals surface area contributed by atoms with E-state index in [1.54, 1.807) is 32.6 Å². The summed E-state index contributed by atoms with van der Waals surface area (Å²) in [6, 6.07) is 17.8. The quantitative estimate of drug-likeness (QED) is 0.448. The van der Waals surface area contributed by atoms with Crippen molar-refractivity contribution < 1.29 is 13.9 Å². The topological polar surface area (TPSA) is 95.4 Å². The molecule has 1 atom stereocenters. The third-order valence-corrected chi connectivity index (χ3v) is 5.04. The lowest BCUT2D eigenvalue weighted by molar-refractivity contribution is 0.356. The summed E-state index contributed by atoms with van der Waals surface area (Å²) < 4.78 is 16.4. The molecule has 7 heteroatoms. The van der Waals surface area contributed by atoms with Gasteiger partial charge in [0.15, 0.2) is 11.5 Å². The first-order valence-electron chi connectivity index (χ1n) is 9.71. The molecule has 2 aromatic carbocycles. The van der Waals surface area contributed by atoms with Crippen LogP contribution in [0.4, 0.5) is 11.8 Å². The lowest BCUT2D eigenvalue weighted by atomic mass is 9.93. The van der Waals surface area contributed by atoms with E-state index in [1.807, 2.05) is 30.3 Å². The maximum Gasteiger partial charge on any atom is 0.225 e. The number of rotatable bonds is 8. The second-order valence-corrected chi connectivity index (χ2v) is 6.85. The third kappa shape index (κ3) is 4.00. The molecule has 1 unspecified atom stereocenters. The zero-order valence-electron chi connectivity index (χ0n) is 17.0. The van der Waals surface area contributed by atoms with Crippen LogP contribution in [0.25, 0.3) is 10.9 Å². The number of ether oxygens (including phenoxy) is 2. The molecule has 154 valence electrons. The largest absolute Gasteiger partial charge is 0.493 e. The van der Waals surface area contributed by atoms with Crippen molar-refractivity contribution in [1.82, 2.24) is 9.97 Å². The van der Waals surface area contributed by atoms with Gasteiger partial charge in [-0.15, -0.1) is 0 Å². The van der Waals surface area contributed by atoms with Crippen molar-refractivity contribution in [3.8, 4) is 11.5 Å². The van der Waals surface area contributed by atoms with E-state index >= 15 is 0 Å². The summed E-state index contributed by atoms with van der Waals surface area (Å²) in [5.41, 5.74) is 8.06. The first-order valence-corrected chi connectivity index (χ1v) is 9.71. The summed E-state index contributed by atoms with van der Waals surface area (Å²) in [5, 5.41) is 4.01. The number of hydrogen-bond donors (Lipinski definition) is 2. The maximum atomic E-state index is 6.17. The Hall–Kier alpha value is -3.74. The zero-order valence-corrected chi connectivity index (χ0v) is 17.0. The molecule has 2 heterocycles. The molecule has 0 spiro atoms. The van der Waals surface area contributed by atoms with Crippen LogP contribution in [0, 0.1) is 0 Å². The van der Waals surface area contributed by atoms with Crippen LogP contribution >= 0.6 is 0 Å². The molecule has 0 radical (unpaired) electrons. The summed E-state index contributed by atoms with van der Waals surface area (Å²) >= 11 is 0. The van der Waals surface area contributed by atoms with Gasteiger partial charge in [-0.2, -0.15) is 4.98 Å². The molecule has 2 aromatic heterocycles. The molecule has 0 amide bonds.